The van der Waals surface area contributed by atoms with E-state index in [4.69, 9.17) is 9.47 Å². The van der Waals surface area contributed by atoms with Gasteiger partial charge in [0.25, 0.3) is 5.91 Å². The molecule has 0 bridgehead atoms. The minimum atomic E-state index is -0.122. The van der Waals surface area contributed by atoms with E-state index in [-0.39, 0.29) is 12.0 Å². The SMILES string of the molecule is COc1ncccc1CN1C[C@H]2[C@H](CNC(=O)c3ccnnc3)CO[C@H]2C1. The van der Waals surface area contributed by atoms with Crippen molar-refractivity contribution in [1.29, 1.82) is 0 Å². The van der Waals surface area contributed by atoms with Crippen LogP contribution in [0.25, 0.3) is 0 Å². The second kappa shape index (κ2) is 7.98. The second-order valence-corrected chi connectivity index (χ2v) is 7.00. The minimum Gasteiger partial charge on any atom is -0.481 e. The van der Waals surface area contributed by atoms with Crippen molar-refractivity contribution in [3.8, 4) is 5.88 Å². The Morgan fingerprint density at radius 1 is 1.33 bits per heavy atom. The molecular formula is C19H23N5O3. The van der Waals surface area contributed by atoms with Crippen molar-refractivity contribution in [2.75, 3.05) is 33.4 Å². The number of rotatable bonds is 6. The maximum atomic E-state index is 12.2. The van der Waals surface area contributed by atoms with Crippen LogP contribution in [0.4, 0.5) is 0 Å². The number of nitrogens with zero attached hydrogens (tertiary/aromatic N) is 4. The van der Waals surface area contributed by atoms with Crippen LogP contribution in [-0.2, 0) is 11.3 Å². The zero-order valence-electron chi connectivity index (χ0n) is 15.2. The molecule has 0 aliphatic carbocycles. The lowest BCUT2D eigenvalue weighted by molar-refractivity contribution is 0.0902. The van der Waals surface area contributed by atoms with Crippen LogP contribution in [0.5, 0.6) is 5.88 Å². The first-order valence-electron chi connectivity index (χ1n) is 9.11. The van der Waals surface area contributed by atoms with Gasteiger partial charge in [-0.25, -0.2) is 4.98 Å². The molecule has 142 valence electrons. The Kier molecular flexibility index (Phi) is 5.26. The summed E-state index contributed by atoms with van der Waals surface area (Å²) in [6.07, 6.45) is 4.95. The molecule has 2 fully saturated rings. The number of methoxy groups -OCH3 is 1. The number of fused-ring (bicyclic) bond motifs is 1. The van der Waals surface area contributed by atoms with Crippen LogP contribution in [-0.4, -0.2) is 65.4 Å². The van der Waals surface area contributed by atoms with Gasteiger partial charge in [0.15, 0.2) is 0 Å². The van der Waals surface area contributed by atoms with Gasteiger partial charge in [-0.3, -0.25) is 9.69 Å². The topological polar surface area (TPSA) is 89.5 Å². The van der Waals surface area contributed by atoms with E-state index in [0.717, 1.165) is 25.2 Å². The number of pyridine rings is 1. The fourth-order valence-corrected chi connectivity index (χ4v) is 3.94. The molecule has 0 spiro atoms. The largest absolute Gasteiger partial charge is 0.481 e. The zero-order chi connectivity index (χ0) is 18.6. The highest BCUT2D eigenvalue weighted by atomic mass is 16.5. The maximum absolute atomic E-state index is 12.2. The van der Waals surface area contributed by atoms with E-state index in [1.807, 2.05) is 12.1 Å². The van der Waals surface area contributed by atoms with Gasteiger partial charge in [0.1, 0.15) is 0 Å². The summed E-state index contributed by atoms with van der Waals surface area (Å²) in [7, 11) is 1.64. The Labute approximate surface area is 157 Å². The number of carbonyl (C=O) groups excluding carboxylic acids is 1. The van der Waals surface area contributed by atoms with Crippen LogP contribution in [0.3, 0.4) is 0 Å². The smallest absolute Gasteiger partial charge is 0.252 e. The molecule has 2 aliphatic heterocycles. The number of hydrogen-bond acceptors (Lipinski definition) is 7. The molecule has 2 aromatic rings. The third-order valence-corrected chi connectivity index (χ3v) is 5.32. The van der Waals surface area contributed by atoms with Crippen LogP contribution in [0.15, 0.2) is 36.8 Å². The number of ether oxygens (including phenoxy) is 2. The molecular weight excluding hydrogens is 346 g/mol. The van der Waals surface area contributed by atoms with Crippen LogP contribution >= 0.6 is 0 Å². The molecule has 0 radical (unpaired) electrons. The number of likely N-dealkylation sites (tertiary alicyclic amines) is 1. The van der Waals surface area contributed by atoms with Crippen LogP contribution in [0.1, 0.15) is 15.9 Å². The fraction of sp³-hybridized carbons (Fsp3) is 0.474. The van der Waals surface area contributed by atoms with Crippen LogP contribution in [0, 0.1) is 11.8 Å². The lowest BCUT2D eigenvalue weighted by Gasteiger charge is -2.20. The third-order valence-electron chi connectivity index (χ3n) is 5.32. The van der Waals surface area contributed by atoms with Gasteiger partial charge in [-0.15, -0.1) is 0 Å². The molecule has 1 amide bonds. The van der Waals surface area contributed by atoms with Gasteiger partial charge >= 0.3 is 0 Å². The molecule has 0 saturated carbocycles. The van der Waals surface area contributed by atoms with E-state index in [0.29, 0.717) is 36.4 Å². The Balaban J connectivity index is 1.32. The Bertz CT molecular complexity index is 788. The number of amides is 1. The molecule has 27 heavy (non-hydrogen) atoms. The average molecular weight is 369 g/mol. The summed E-state index contributed by atoms with van der Waals surface area (Å²) in [4.78, 5) is 18.9. The van der Waals surface area contributed by atoms with Gasteiger partial charge in [-0.1, -0.05) is 6.07 Å². The van der Waals surface area contributed by atoms with Crippen molar-refractivity contribution in [1.82, 2.24) is 25.4 Å². The fourth-order valence-electron chi connectivity index (χ4n) is 3.94. The summed E-state index contributed by atoms with van der Waals surface area (Å²) in [6.45, 7) is 3.91. The second-order valence-electron chi connectivity index (χ2n) is 7.00. The summed E-state index contributed by atoms with van der Waals surface area (Å²) in [5.74, 6) is 1.28. The summed E-state index contributed by atoms with van der Waals surface area (Å²) in [5, 5.41) is 10.4. The number of nitrogens with one attached hydrogen (secondary N) is 1. The van der Waals surface area contributed by atoms with Gasteiger partial charge in [0.05, 0.1) is 37.8 Å². The predicted octanol–water partition coefficient (Wildman–Crippen LogP) is 0.757. The maximum Gasteiger partial charge on any atom is 0.252 e. The van der Waals surface area contributed by atoms with E-state index < -0.39 is 0 Å². The molecule has 0 aromatic carbocycles. The van der Waals surface area contributed by atoms with E-state index in [9.17, 15) is 4.79 Å². The predicted molar refractivity (Wildman–Crippen MR) is 97.2 cm³/mol. The zero-order valence-corrected chi connectivity index (χ0v) is 15.2. The van der Waals surface area contributed by atoms with E-state index >= 15 is 0 Å². The van der Waals surface area contributed by atoms with Gasteiger partial charge in [0.2, 0.25) is 5.88 Å². The van der Waals surface area contributed by atoms with Crippen molar-refractivity contribution >= 4 is 5.91 Å². The van der Waals surface area contributed by atoms with Gasteiger partial charge in [0, 0.05) is 49.8 Å². The molecule has 8 nitrogen and oxygen atoms in total. The molecule has 8 heteroatoms. The van der Waals surface area contributed by atoms with Crippen molar-refractivity contribution in [2.45, 2.75) is 12.6 Å². The summed E-state index contributed by atoms with van der Waals surface area (Å²) >= 11 is 0. The normalized spacial score (nSPS) is 24.6. The highest BCUT2D eigenvalue weighted by molar-refractivity contribution is 5.93. The van der Waals surface area contributed by atoms with E-state index in [1.54, 1.807) is 19.4 Å². The van der Waals surface area contributed by atoms with Crippen molar-refractivity contribution in [3.05, 3.63) is 47.9 Å². The standard InChI is InChI=1S/C19H23N5O3/c1-26-19-14(3-2-5-20-19)9-24-10-16-15(12-27-17(16)11-24)7-21-18(25)13-4-6-22-23-8-13/h2-6,8,15-17H,7,9-12H2,1H3,(H,21,25)/t15-,16+,17+/m1/s1. The number of aromatic nitrogens is 3. The molecule has 4 heterocycles. The monoisotopic (exact) mass is 369 g/mol. The molecule has 3 atom stereocenters. The quantitative estimate of drug-likeness (QED) is 0.804. The lowest BCUT2D eigenvalue weighted by Crippen LogP contribution is -2.34. The highest BCUT2D eigenvalue weighted by Crippen LogP contribution is 2.34. The molecule has 4 rings (SSSR count). The van der Waals surface area contributed by atoms with Crippen molar-refractivity contribution < 1.29 is 14.3 Å². The molecule has 2 aromatic heterocycles. The van der Waals surface area contributed by atoms with Gasteiger partial charge in [-0.2, -0.15) is 10.2 Å². The van der Waals surface area contributed by atoms with Crippen molar-refractivity contribution in [2.24, 2.45) is 11.8 Å². The van der Waals surface area contributed by atoms with Crippen molar-refractivity contribution in [3.63, 3.8) is 0 Å². The molecule has 2 saturated heterocycles. The lowest BCUT2D eigenvalue weighted by atomic mass is 9.93. The Morgan fingerprint density at radius 2 is 2.26 bits per heavy atom. The van der Waals surface area contributed by atoms with E-state index in [1.165, 1.54) is 12.4 Å². The molecule has 0 unspecified atom stereocenters. The summed E-state index contributed by atoms with van der Waals surface area (Å²) < 4.78 is 11.3. The molecule has 2 aliphatic rings. The first-order valence-corrected chi connectivity index (χ1v) is 9.11. The molecule has 1 N–H and O–H groups in total. The Morgan fingerprint density at radius 3 is 3.07 bits per heavy atom. The number of hydrogen-bond donors (Lipinski definition) is 1. The summed E-state index contributed by atoms with van der Waals surface area (Å²) in [6, 6.07) is 5.63. The third kappa shape index (κ3) is 3.91. The van der Waals surface area contributed by atoms with Crippen LogP contribution < -0.4 is 10.1 Å². The Hall–Kier alpha value is -2.58. The number of carbonyl (C=O) groups is 1. The minimum absolute atomic E-state index is 0.122. The average Bonchev–Trinajstić information content (AvgIpc) is 3.27. The highest BCUT2D eigenvalue weighted by Gasteiger charge is 2.43. The summed E-state index contributed by atoms with van der Waals surface area (Å²) in [5.41, 5.74) is 1.60. The first kappa shape index (κ1) is 17.8. The van der Waals surface area contributed by atoms with Crippen LogP contribution in [0.2, 0.25) is 0 Å². The first-order chi connectivity index (χ1) is 13.2. The van der Waals surface area contributed by atoms with E-state index in [2.05, 4.69) is 25.4 Å². The van der Waals surface area contributed by atoms with Gasteiger partial charge in [-0.05, 0) is 12.1 Å². The van der Waals surface area contributed by atoms with Gasteiger partial charge < -0.3 is 14.8 Å².